The summed E-state index contributed by atoms with van der Waals surface area (Å²) in [6.07, 6.45) is 3.73. The van der Waals surface area contributed by atoms with E-state index in [1.165, 1.54) is 11.8 Å². The highest BCUT2D eigenvalue weighted by atomic mass is 32.2. The fourth-order valence-electron chi connectivity index (χ4n) is 2.40. The Morgan fingerprint density at radius 3 is 2.44 bits per heavy atom. The lowest BCUT2D eigenvalue weighted by Crippen LogP contribution is -2.32. The monoisotopic (exact) mass is 351 g/mol. The number of aromatic nitrogens is 2. The van der Waals surface area contributed by atoms with Crippen molar-refractivity contribution in [2.24, 2.45) is 5.73 Å². The maximum Gasteiger partial charge on any atom is 0.320 e. The summed E-state index contributed by atoms with van der Waals surface area (Å²) >= 11 is 1.50. The molecule has 0 fully saturated rings. The smallest absolute Gasteiger partial charge is 0.320 e. The maximum atomic E-state index is 10.9. The number of rotatable bonds is 6. The first-order valence-corrected chi connectivity index (χ1v) is 8.56. The first-order chi connectivity index (χ1) is 12.1. The van der Waals surface area contributed by atoms with Crippen molar-refractivity contribution in [3.8, 4) is 11.1 Å². The molecule has 3 N–H and O–H groups in total. The number of carboxylic acids is 1. The van der Waals surface area contributed by atoms with E-state index in [9.17, 15) is 4.79 Å². The molecule has 6 heteroatoms. The van der Waals surface area contributed by atoms with Gasteiger partial charge in [0, 0.05) is 17.3 Å². The van der Waals surface area contributed by atoms with Gasteiger partial charge in [0.1, 0.15) is 6.04 Å². The minimum atomic E-state index is -0.994. The summed E-state index contributed by atoms with van der Waals surface area (Å²) in [5.41, 5.74) is 8.60. The van der Waals surface area contributed by atoms with Gasteiger partial charge in [-0.15, -0.1) is 0 Å². The zero-order valence-electron chi connectivity index (χ0n) is 13.4. The zero-order chi connectivity index (χ0) is 17.6. The van der Waals surface area contributed by atoms with Crippen LogP contribution in [-0.2, 0) is 11.2 Å². The molecule has 25 heavy (non-hydrogen) atoms. The molecule has 0 saturated carbocycles. The Balaban J connectivity index is 1.82. The first-order valence-electron chi connectivity index (χ1n) is 7.74. The molecular weight excluding hydrogens is 334 g/mol. The zero-order valence-corrected chi connectivity index (χ0v) is 14.2. The van der Waals surface area contributed by atoms with Gasteiger partial charge in [-0.3, -0.25) is 4.79 Å². The van der Waals surface area contributed by atoms with Crippen LogP contribution in [0, 0.1) is 0 Å². The molecule has 0 aliphatic rings. The van der Waals surface area contributed by atoms with Crippen LogP contribution in [-0.4, -0.2) is 27.1 Å². The molecule has 0 amide bonds. The normalized spacial score (nSPS) is 11.9. The first kappa shape index (κ1) is 17.1. The van der Waals surface area contributed by atoms with Crippen molar-refractivity contribution in [3.63, 3.8) is 0 Å². The van der Waals surface area contributed by atoms with Crippen molar-refractivity contribution < 1.29 is 9.90 Å². The minimum absolute atomic E-state index is 0.301. The fourth-order valence-corrected chi connectivity index (χ4v) is 3.17. The number of carbonyl (C=O) groups is 1. The number of hydrogen-bond donors (Lipinski definition) is 2. The van der Waals surface area contributed by atoms with E-state index in [0.717, 1.165) is 21.6 Å². The quantitative estimate of drug-likeness (QED) is 0.663. The van der Waals surface area contributed by atoms with Crippen LogP contribution in [0.4, 0.5) is 0 Å². The Hall–Kier alpha value is -2.70. The van der Waals surface area contributed by atoms with E-state index in [2.05, 4.69) is 16.0 Å². The summed E-state index contributed by atoms with van der Waals surface area (Å²) in [7, 11) is 0. The summed E-state index contributed by atoms with van der Waals surface area (Å²) < 4.78 is 0. The van der Waals surface area contributed by atoms with E-state index in [-0.39, 0.29) is 0 Å². The number of carboxylic acid groups (broad SMARTS) is 1. The molecule has 0 aliphatic carbocycles. The number of aliphatic carboxylic acids is 1. The Morgan fingerprint density at radius 1 is 1.04 bits per heavy atom. The second-order valence-corrected chi connectivity index (χ2v) is 6.55. The van der Waals surface area contributed by atoms with Crippen LogP contribution in [0.2, 0.25) is 0 Å². The Kier molecular flexibility index (Phi) is 5.42. The molecule has 1 heterocycles. The topological polar surface area (TPSA) is 89.1 Å². The van der Waals surface area contributed by atoms with Gasteiger partial charge in [0.25, 0.3) is 0 Å². The molecule has 3 aromatic rings. The van der Waals surface area contributed by atoms with Gasteiger partial charge in [0.15, 0.2) is 5.16 Å². The second kappa shape index (κ2) is 7.92. The molecule has 0 spiro atoms. The summed E-state index contributed by atoms with van der Waals surface area (Å²) in [6.45, 7) is 0. The SMILES string of the molecule is NC(Cc1cccc(-c2cccc(Sc3ncccn3)c2)c1)C(=O)O. The predicted molar refractivity (Wildman–Crippen MR) is 97.3 cm³/mol. The van der Waals surface area contributed by atoms with Gasteiger partial charge in [-0.25, -0.2) is 9.97 Å². The number of nitrogens with two attached hydrogens (primary N) is 1. The standard InChI is InChI=1S/C19H17N3O2S/c20-17(18(23)24)11-13-4-1-5-14(10-13)15-6-2-7-16(12-15)25-19-21-8-3-9-22-19/h1-10,12,17H,11,20H2,(H,23,24). The molecule has 0 radical (unpaired) electrons. The lowest BCUT2D eigenvalue weighted by Gasteiger charge is -2.09. The van der Waals surface area contributed by atoms with Gasteiger partial charge in [-0.2, -0.15) is 0 Å². The van der Waals surface area contributed by atoms with Crippen LogP contribution < -0.4 is 5.73 Å². The molecule has 5 nitrogen and oxygen atoms in total. The van der Waals surface area contributed by atoms with Crippen molar-refractivity contribution >= 4 is 17.7 Å². The Bertz CT molecular complexity index is 871. The van der Waals surface area contributed by atoms with Gasteiger partial charge in [-0.05, 0) is 53.1 Å². The molecular formula is C19H17N3O2S. The summed E-state index contributed by atoms with van der Waals surface area (Å²) in [4.78, 5) is 20.4. The highest BCUT2D eigenvalue weighted by molar-refractivity contribution is 7.99. The number of hydrogen-bond acceptors (Lipinski definition) is 5. The highest BCUT2D eigenvalue weighted by Crippen LogP contribution is 2.29. The van der Waals surface area contributed by atoms with E-state index >= 15 is 0 Å². The van der Waals surface area contributed by atoms with Crippen molar-refractivity contribution in [1.82, 2.24) is 9.97 Å². The molecule has 1 aromatic heterocycles. The molecule has 1 unspecified atom stereocenters. The molecule has 0 aliphatic heterocycles. The van der Waals surface area contributed by atoms with E-state index in [1.807, 2.05) is 42.5 Å². The van der Waals surface area contributed by atoms with Gasteiger partial charge in [-0.1, -0.05) is 36.4 Å². The van der Waals surface area contributed by atoms with Gasteiger partial charge < -0.3 is 10.8 Å². The largest absolute Gasteiger partial charge is 0.480 e. The fraction of sp³-hybridized carbons (Fsp3) is 0.105. The van der Waals surface area contributed by atoms with Crippen molar-refractivity contribution in [1.29, 1.82) is 0 Å². The second-order valence-electron chi connectivity index (χ2n) is 5.51. The lowest BCUT2D eigenvalue weighted by atomic mass is 10.00. The van der Waals surface area contributed by atoms with Crippen LogP contribution >= 0.6 is 11.8 Å². The third kappa shape index (κ3) is 4.65. The van der Waals surface area contributed by atoms with Gasteiger partial charge in [0.05, 0.1) is 0 Å². The van der Waals surface area contributed by atoms with E-state index < -0.39 is 12.0 Å². The summed E-state index contributed by atoms with van der Waals surface area (Å²) in [5, 5.41) is 9.66. The van der Waals surface area contributed by atoms with Crippen molar-refractivity contribution in [3.05, 3.63) is 72.6 Å². The third-order valence-electron chi connectivity index (χ3n) is 3.62. The van der Waals surface area contributed by atoms with Crippen LogP contribution in [0.5, 0.6) is 0 Å². The van der Waals surface area contributed by atoms with E-state index in [4.69, 9.17) is 10.8 Å². The number of benzene rings is 2. The molecule has 0 bridgehead atoms. The summed E-state index contributed by atoms with van der Waals surface area (Å²) in [5.74, 6) is -0.994. The average Bonchev–Trinajstić information content (AvgIpc) is 2.63. The highest BCUT2D eigenvalue weighted by Gasteiger charge is 2.12. The Labute approximate surface area is 149 Å². The average molecular weight is 351 g/mol. The van der Waals surface area contributed by atoms with Crippen molar-refractivity contribution in [2.75, 3.05) is 0 Å². The number of nitrogens with zero attached hydrogens (tertiary/aromatic N) is 2. The van der Waals surface area contributed by atoms with Crippen LogP contribution in [0.1, 0.15) is 5.56 Å². The van der Waals surface area contributed by atoms with Gasteiger partial charge in [0.2, 0.25) is 0 Å². The molecule has 0 saturated heterocycles. The van der Waals surface area contributed by atoms with Crippen LogP contribution in [0.15, 0.2) is 77.0 Å². The van der Waals surface area contributed by atoms with E-state index in [0.29, 0.717) is 11.6 Å². The molecule has 2 aromatic carbocycles. The third-order valence-corrected chi connectivity index (χ3v) is 4.50. The van der Waals surface area contributed by atoms with Crippen LogP contribution in [0.25, 0.3) is 11.1 Å². The molecule has 1 atom stereocenters. The van der Waals surface area contributed by atoms with Crippen molar-refractivity contribution in [2.45, 2.75) is 22.5 Å². The van der Waals surface area contributed by atoms with E-state index in [1.54, 1.807) is 18.5 Å². The minimum Gasteiger partial charge on any atom is -0.480 e. The van der Waals surface area contributed by atoms with Crippen LogP contribution in [0.3, 0.4) is 0 Å². The summed E-state index contributed by atoms with van der Waals surface area (Å²) in [6, 6.07) is 16.8. The Morgan fingerprint density at radius 2 is 1.72 bits per heavy atom. The predicted octanol–water partition coefficient (Wildman–Crippen LogP) is 3.25. The lowest BCUT2D eigenvalue weighted by molar-refractivity contribution is -0.138. The van der Waals surface area contributed by atoms with Gasteiger partial charge >= 0.3 is 5.97 Å². The molecule has 3 rings (SSSR count). The molecule has 126 valence electrons. The maximum absolute atomic E-state index is 10.9.